The molecular formula is C11H14N2O6S2. The van der Waals surface area contributed by atoms with Crippen LogP contribution in [0.5, 0.6) is 0 Å². The summed E-state index contributed by atoms with van der Waals surface area (Å²) in [4.78, 5) is 14.3. The van der Waals surface area contributed by atoms with E-state index in [2.05, 4.69) is 9.71 Å². The number of aromatic nitrogens is 1. The molecule has 0 atom stereocenters. The van der Waals surface area contributed by atoms with Gasteiger partial charge in [0.15, 0.2) is 5.03 Å². The van der Waals surface area contributed by atoms with E-state index in [1.54, 1.807) is 0 Å². The maximum atomic E-state index is 12.1. The molecule has 2 N–H and O–H groups in total. The molecule has 0 spiro atoms. The zero-order valence-electron chi connectivity index (χ0n) is 10.9. The average Bonchev–Trinajstić information content (AvgIpc) is 2.41. The minimum absolute atomic E-state index is 0.0500. The number of sulfone groups is 1. The van der Waals surface area contributed by atoms with E-state index in [0.29, 0.717) is 0 Å². The molecule has 0 aromatic carbocycles. The zero-order valence-corrected chi connectivity index (χ0v) is 12.5. The van der Waals surface area contributed by atoms with Gasteiger partial charge in [0.25, 0.3) is 10.0 Å². The number of nitrogens with zero attached hydrogens (tertiary/aromatic N) is 1. The Kier molecular flexibility index (Phi) is 4.30. The van der Waals surface area contributed by atoms with Gasteiger partial charge in [0, 0.05) is 12.2 Å². The van der Waals surface area contributed by atoms with Crippen molar-refractivity contribution in [2.24, 2.45) is 0 Å². The Morgan fingerprint density at radius 1 is 1.29 bits per heavy atom. The first-order chi connectivity index (χ1) is 9.70. The van der Waals surface area contributed by atoms with Crippen molar-refractivity contribution < 1.29 is 26.7 Å². The van der Waals surface area contributed by atoms with E-state index in [4.69, 9.17) is 5.11 Å². The van der Waals surface area contributed by atoms with Crippen molar-refractivity contribution >= 4 is 25.8 Å². The number of pyridine rings is 1. The van der Waals surface area contributed by atoms with Gasteiger partial charge in [0.05, 0.1) is 17.1 Å². The van der Waals surface area contributed by atoms with Crippen LogP contribution < -0.4 is 4.72 Å². The van der Waals surface area contributed by atoms with Gasteiger partial charge in [-0.25, -0.2) is 31.3 Å². The van der Waals surface area contributed by atoms with Crippen LogP contribution in [0.1, 0.15) is 23.2 Å². The van der Waals surface area contributed by atoms with Gasteiger partial charge in [0.2, 0.25) is 0 Å². The van der Waals surface area contributed by atoms with E-state index < -0.39 is 31.9 Å². The minimum Gasteiger partial charge on any atom is -0.478 e. The molecule has 1 aromatic heterocycles. The highest BCUT2D eigenvalue weighted by molar-refractivity contribution is 7.91. The van der Waals surface area contributed by atoms with Gasteiger partial charge >= 0.3 is 5.97 Å². The number of nitrogens with one attached hydrogen (secondary N) is 1. The third-order valence-electron chi connectivity index (χ3n) is 3.14. The fourth-order valence-corrected chi connectivity index (χ4v) is 4.68. The molecule has 2 rings (SSSR count). The third-order valence-corrected chi connectivity index (χ3v) is 6.29. The number of sulfonamides is 1. The molecule has 1 aromatic rings. The molecule has 1 aliphatic rings. The van der Waals surface area contributed by atoms with Gasteiger partial charge in [-0.1, -0.05) is 0 Å². The monoisotopic (exact) mass is 334 g/mol. The highest BCUT2D eigenvalue weighted by Gasteiger charge is 2.28. The molecule has 0 amide bonds. The predicted octanol–water partition coefficient (Wildman–Crippen LogP) is -0.365. The van der Waals surface area contributed by atoms with Crippen molar-refractivity contribution in [3.05, 3.63) is 23.9 Å². The molecule has 0 saturated carbocycles. The van der Waals surface area contributed by atoms with Gasteiger partial charge < -0.3 is 5.11 Å². The summed E-state index contributed by atoms with van der Waals surface area (Å²) in [6, 6.07) is 1.79. The number of hydrogen-bond acceptors (Lipinski definition) is 6. The fraction of sp³-hybridized carbons (Fsp3) is 0.455. The quantitative estimate of drug-likeness (QED) is 0.768. The summed E-state index contributed by atoms with van der Waals surface area (Å²) in [5.74, 6) is -1.30. The summed E-state index contributed by atoms with van der Waals surface area (Å²) in [5.41, 5.74) is -0.113. The summed E-state index contributed by atoms with van der Waals surface area (Å²) >= 11 is 0. The molecule has 0 bridgehead atoms. The van der Waals surface area contributed by atoms with E-state index in [-0.39, 0.29) is 34.9 Å². The number of carboxylic acid groups (broad SMARTS) is 1. The lowest BCUT2D eigenvalue weighted by atomic mass is 10.2. The highest BCUT2D eigenvalue weighted by Crippen LogP contribution is 2.15. The number of carboxylic acids is 1. The summed E-state index contributed by atoms with van der Waals surface area (Å²) < 4.78 is 49.1. The lowest BCUT2D eigenvalue weighted by Gasteiger charge is -2.22. The van der Waals surface area contributed by atoms with E-state index in [1.165, 1.54) is 0 Å². The Hall–Kier alpha value is -1.52. The molecule has 0 radical (unpaired) electrons. The van der Waals surface area contributed by atoms with Crippen molar-refractivity contribution in [3.8, 4) is 0 Å². The first-order valence-electron chi connectivity index (χ1n) is 6.12. The molecule has 2 heterocycles. The number of carbonyl (C=O) groups is 1. The summed E-state index contributed by atoms with van der Waals surface area (Å²) in [5, 5.41) is 8.44. The van der Waals surface area contributed by atoms with Crippen molar-refractivity contribution in [3.63, 3.8) is 0 Å². The topological polar surface area (TPSA) is 130 Å². The van der Waals surface area contributed by atoms with E-state index in [1.807, 2.05) is 0 Å². The SMILES string of the molecule is O=C(O)c1ccc(S(=O)(=O)NC2CCS(=O)(=O)CC2)nc1. The van der Waals surface area contributed by atoms with Gasteiger partial charge in [-0.2, -0.15) is 0 Å². The van der Waals surface area contributed by atoms with Gasteiger partial charge in [0.1, 0.15) is 9.84 Å². The number of rotatable bonds is 4. The van der Waals surface area contributed by atoms with Crippen molar-refractivity contribution in [2.45, 2.75) is 23.9 Å². The van der Waals surface area contributed by atoms with Crippen LogP contribution >= 0.6 is 0 Å². The van der Waals surface area contributed by atoms with Crippen molar-refractivity contribution in [1.82, 2.24) is 9.71 Å². The Labute approximate surface area is 122 Å². The highest BCUT2D eigenvalue weighted by atomic mass is 32.2. The second-order valence-corrected chi connectivity index (χ2v) is 8.70. The molecule has 116 valence electrons. The standard InChI is InChI=1S/C11H14N2O6S2/c14-11(15)8-1-2-10(12-7-8)21(18,19)13-9-3-5-20(16,17)6-4-9/h1-2,7,9,13H,3-6H2,(H,14,15). The van der Waals surface area contributed by atoms with Crippen LogP contribution in [0.25, 0.3) is 0 Å². The molecule has 0 aliphatic carbocycles. The van der Waals surface area contributed by atoms with E-state index in [9.17, 15) is 21.6 Å². The first-order valence-corrected chi connectivity index (χ1v) is 9.42. The first kappa shape index (κ1) is 15.9. The largest absolute Gasteiger partial charge is 0.478 e. The minimum atomic E-state index is -3.89. The molecular weight excluding hydrogens is 320 g/mol. The Balaban J connectivity index is 2.10. The molecule has 21 heavy (non-hydrogen) atoms. The van der Waals surface area contributed by atoms with Gasteiger partial charge in [-0.05, 0) is 25.0 Å². The molecule has 1 fully saturated rings. The van der Waals surface area contributed by atoms with Crippen molar-refractivity contribution in [2.75, 3.05) is 11.5 Å². The summed E-state index contributed by atoms with van der Waals surface area (Å²) in [7, 11) is -6.96. The average molecular weight is 334 g/mol. The fourth-order valence-electron chi connectivity index (χ4n) is 1.95. The predicted molar refractivity (Wildman–Crippen MR) is 73.2 cm³/mol. The van der Waals surface area contributed by atoms with Crippen LogP contribution in [-0.4, -0.2) is 50.4 Å². The molecule has 8 nitrogen and oxygen atoms in total. The van der Waals surface area contributed by atoms with E-state index >= 15 is 0 Å². The van der Waals surface area contributed by atoms with Crippen molar-refractivity contribution in [1.29, 1.82) is 0 Å². The smallest absolute Gasteiger partial charge is 0.337 e. The molecule has 0 unspecified atom stereocenters. The molecule has 1 saturated heterocycles. The third kappa shape index (κ3) is 3.99. The Morgan fingerprint density at radius 3 is 2.38 bits per heavy atom. The molecule has 10 heteroatoms. The second-order valence-electron chi connectivity index (χ2n) is 4.74. The summed E-state index contributed by atoms with van der Waals surface area (Å²) in [6.07, 6.45) is 1.39. The normalized spacial score (nSPS) is 19.2. The van der Waals surface area contributed by atoms with Crippen LogP contribution in [0, 0.1) is 0 Å². The number of aromatic carboxylic acids is 1. The molecule has 1 aliphatic heterocycles. The van der Waals surface area contributed by atoms with Crippen LogP contribution in [-0.2, 0) is 19.9 Å². The number of hydrogen-bond donors (Lipinski definition) is 2. The maximum Gasteiger partial charge on any atom is 0.337 e. The van der Waals surface area contributed by atoms with Crippen LogP contribution in [0.3, 0.4) is 0 Å². The second kappa shape index (κ2) is 5.70. The van der Waals surface area contributed by atoms with E-state index in [0.717, 1.165) is 18.3 Å². The van der Waals surface area contributed by atoms with Gasteiger partial charge in [-0.15, -0.1) is 0 Å². The van der Waals surface area contributed by atoms with Gasteiger partial charge in [-0.3, -0.25) is 0 Å². The van der Waals surface area contributed by atoms with Crippen LogP contribution in [0.4, 0.5) is 0 Å². The Bertz CT molecular complexity index is 725. The lowest BCUT2D eigenvalue weighted by molar-refractivity contribution is 0.0696. The van der Waals surface area contributed by atoms with Crippen LogP contribution in [0.15, 0.2) is 23.4 Å². The Morgan fingerprint density at radius 2 is 1.90 bits per heavy atom. The van der Waals surface area contributed by atoms with Crippen LogP contribution in [0.2, 0.25) is 0 Å². The maximum absolute atomic E-state index is 12.1. The lowest BCUT2D eigenvalue weighted by Crippen LogP contribution is -2.41. The summed E-state index contributed by atoms with van der Waals surface area (Å²) in [6.45, 7) is 0. The zero-order chi connectivity index (χ0) is 15.7.